The van der Waals surface area contributed by atoms with Gasteiger partial charge >= 0.3 is 0 Å². The molecule has 0 aromatic carbocycles. The highest BCUT2D eigenvalue weighted by Gasteiger charge is 2.34. The first kappa shape index (κ1) is 16.5. The molecule has 1 atom stereocenters. The average molecular weight is 314 g/mol. The van der Waals surface area contributed by atoms with Crippen molar-refractivity contribution in [1.82, 2.24) is 9.97 Å². The second-order valence-electron chi connectivity index (χ2n) is 7.19. The highest BCUT2D eigenvalue weighted by molar-refractivity contribution is 6.29. The fourth-order valence-electron chi connectivity index (χ4n) is 2.47. The van der Waals surface area contributed by atoms with Crippen molar-refractivity contribution in [3.63, 3.8) is 0 Å². The number of anilines is 1. The van der Waals surface area contributed by atoms with Gasteiger partial charge in [0.2, 0.25) is 0 Å². The molecule has 0 radical (unpaired) electrons. The number of nitrogens with zero attached hydrogens (tertiary/aromatic N) is 3. The minimum atomic E-state index is -0.342. The number of hydrogen-bond acceptors (Lipinski definition) is 5. The fourth-order valence-corrected chi connectivity index (χ4v) is 2.65. The Kier molecular flexibility index (Phi) is 4.47. The van der Waals surface area contributed by atoms with Crippen LogP contribution in [-0.2, 0) is 10.2 Å². The van der Waals surface area contributed by atoms with E-state index in [2.05, 4.69) is 35.6 Å². The Morgan fingerprint density at radius 2 is 2.10 bits per heavy atom. The fraction of sp³-hybridized carbons (Fsp3) is 0.733. The topological polar surface area (TPSA) is 58.5 Å². The summed E-state index contributed by atoms with van der Waals surface area (Å²) in [6.45, 7) is 11.5. The summed E-state index contributed by atoms with van der Waals surface area (Å²) < 4.78 is 5.83. The normalized spacial score (nSPS) is 22.4. The number of ether oxygens (including phenoxy) is 1. The maximum atomic E-state index is 9.42. The molecule has 1 saturated heterocycles. The second-order valence-corrected chi connectivity index (χ2v) is 7.57. The third kappa shape index (κ3) is 4.05. The van der Waals surface area contributed by atoms with E-state index in [0.717, 1.165) is 11.6 Å². The van der Waals surface area contributed by atoms with Gasteiger partial charge in [-0.15, -0.1) is 0 Å². The highest BCUT2D eigenvalue weighted by Crippen LogP contribution is 2.28. The number of hydrogen-bond donors (Lipinski definition) is 1. The van der Waals surface area contributed by atoms with Crippen molar-refractivity contribution in [2.24, 2.45) is 0 Å². The summed E-state index contributed by atoms with van der Waals surface area (Å²) in [5.74, 6) is 1.50. The monoisotopic (exact) mass is 313 g/mol. The molecule has 1 N–H and O–H groups in total. The summed E-state index contributed by atoms with van der Waals surface area (Å²) >= 11 is 6.16. The molecule has 1 aromatic heterocycles. The van der Waals surface area contributed by atoms with Gasteiger partial charge in [0.05, 0.1) is 18.3 Å². The first-order valence-corrected chi connectivity index (χ1v) is 7.57. The summed E-state index contributed by atoms with van der Waals surface area (Å²) in [6.07, 6.45) is -0.222. The van der Waals surface area contributed by atoms with E-state index in [1.807, 2.05) is 13.8 Å². The molecule has 5 nitrogen and oxygen atoms in total. The molecule has 0 amide bonds. The summed E-state index contributed by atoms with van der Waals surface area (Å²) in [7, 11) is 0. The van der Waals surface area contributed by atoms with Crippen molar-refractivity contribution in [2.75, 3.05) is 24.6 Å². The van der Waals surface area contributed by atoms with Gasteiger partial charge in [0.25, 0.3) is 0 Å². The van der Waals surface area contributed by atoms with E-state index < -0.39 is 0 Å². The smallest absolute Gasteiger partial charge is 0.137 e. The Hall–Kier alpha value is -0.910. The molecule has 2 heterocycles. The largest absolute Gasteiger partial charge is 0.394 e. The first-order chi connectivity index (χ1) is 9.60. The SMILES string of the molecule is CC1(C)CN(c2cc(Cl)nc(C(C)(C)C)n2)CC(CO)O1. The minimum absolute atomic E-state index is 0.00905. The number of aromatic nitrogens is 2. The predicted molar refractivity (Wildman–Crippen MR) is 84.0 cm³/mol. The molecule has 1 aliphatic heterocycles. The first-order valence-electron chi connectivity index (χ1n) is 7.19. The zero-order chi connectivity index (χ0) is 15.8. The quantitative estimate of drug-likeness (QED) is 0.850. The van der Waals surface area contributed by atoms with Crippen LogP contribution in [0.3, 0.4) is 0 Å². The Balaban J connectivity index is 2.34. The van der Waals surface area contributed by atoms with Crippen molar-refractivity contribution in [3.05, 3.63) is 17.0 Å². The lowest BCUT2D eigenvalue weighted by atomic mass is 9.96. The maximum absolute atomic E-state index is 9.42. The van der Waals surface area contributed by atoms with Crippen molar-refractivity contribution >= 4 is 17.4 Å². The number of aliphatic hydroxyl groups excluding tert-OH is 1. The molecule has 2 rings (SSSR count). The Bertz CT molecular complexity index is 514. The molecule has 1 unspecified atom stereocenters. The van der Waals surface area contributed by atoms with E-state index in [9.17, 15) is 5.11 Å². The van der Waals surface area contributed by atoms with E-state index >= 15 is 0 Å². The van der Waals surface area contributed by atoms with Crippen molar-refractivity contribution in [2.45, 2.75) is 51.7 Å². The molecular formula is C15H24ClN3O2. The number of halogens is 1. The van der Waals surface area contributed by atoms with Gasteiger partial charge in [0.15, 0.2) is 0 Å². The van der Waals surface area contributed by atoms with E-state index in [1.54, 1.807) is 6.07 Å². The Morgan fingerprint density at radius 1 is 1.43 bits per heavy atom. The van der Waals surface area contributed by atoms with Gasteiger partial charge in [-0.05, 0) is 13.8 Å². The lowest BCUT2D eigenvalue weighted by molar-refractivity contribution is -0.101. The Labute approximate surface area is 131 Å². The molecule has 118 valence electrons. The Morgan fingerprint density at radius 3 is 2.67 bits per heavy atom. The maximum Gasteiger partial charge on any atom is 0.137 e. The van der Waals surface area contributed by atoms with Crippen LogP contribution in [0.2, 0.25) is 5.15 Å². The summed E-state index contributed by atoms with van der Waals surface area (Å²) in [5.41, 5.74) is -0.511. The molecule has 1 aromatic rings. The van der Waals surface area contributed by atoms with Crippen LogP contribution in [0.15, 0.2) is 6.07 Å². The number of morpholine rings is 1. The molecule has 6 heteroatoms. The molecule has 0 saturated carbocycles. The van der Waals surface area contributed by atoms with Crippen LogP contribution >= 0.6 is 11.6 Å². The van der Waals surface area contributed by atoms with Gasteiger partial charge in [-0.1, -0.05) is 32.4 Å². The molecule has 21 heavy (non-hydrogen) atoms. The van der Waals surface area contributed by atoms with Crippen LogP contribution in [0.1, 0.15) is 40.4 Å². The lowest BCUT2D eigenvalue weighted by Crippen LogP contribution is -2.54. The van der Waals surface area contributed by atoms with Crippen molar-refractivity contribution in [1.29, 1.82) is 0 Å². The second kappa shape index (κ2) is 5.71. The van der Waals surface area contributed by atoms with Gasteiger partial charge in [-0.3, -0.25) is 0 Å². The van der Waals surface area contributed by atoms with Gasteiger partial charge in [-0.2, -0.15) is 0 Å². The van der Waals surface area contributed by atoms with Gasteiger partial charge < -0.3 is 14.7 Å². The third-order valence-corrected chi connectivity index (χ3v) is 3.55. The van der Waals surface area contributed by atoms with Crippen LogP contribution in [0.4, 0.5) is 5.82 Å². The van der Waals surface area contributed by atoms with Gasteiger partial charge in [0.1, 0.15) is 16.8 Å². The number of rotatable bonds is 2. The van der Waals surface area contributed by atoms with Crippen LogP contribution in [0, 0.1) is 0 Å². The summed E-state index contributed by atoms with van der Waals surface area (Å²) in [5, 5.41) is 9.86. The van der Waals surface area contributed by atoms with E-state index in [0.29, 0.717) is 18.2 Å². The minimum Gasteiger partial charge on any atom is -0.394 e. The third-order valence-electron chi connectivity index (χ3n) is 3.36. The van der Waals surface area contributed by atoms with Crippen LogP contribution in [0.5, 0.6) is 0 Å². The van der Waals surface area contributed by atoms with Crippen molar-refractivity contribution < 1.29 is 9.84 Å². The summed E-state index contributed by atoms with van der Waals surface area (Å²) in [4.78, 5) is 11.1. The highest BCUT2D eigenvalue weighted by atomic mass is 35.5. The average Bonchev–Trinajstić information content (AvgIpc) is 2.35. The molecule has 0 spiro atoms. The van der Waals surface area contributed by atoms with E-state index in [4.69, 9.17) is 16.3 Å². The molecule has 0 aliphatic carbocycles. The van der Waals surface area contributed by atoms with Gasteiger partial charge in [-0.25, -0.2) is 9.97 Å². The number of aliphatic hydroxyl groups is 1. The van der Waals surface area contributed by atoms with E-state index in [-0.39, 0.29) is 23.7 Å². The van der Waals surface area contributed by atoms with Crippen molar-refractivity contribution in [3.8, 4) is 0 Å². The zero-order valence-electron chi connectivity index (χ0n) is 13.4. The predicted octanol–water partition coefficient (Wildman–Crippen LogP) is 2.40. The van der Waals surface area contributed by atoms with Crippen LogP contribution in [0.25, 0.3) is 0 Å². The lowest BCUT2D eigenvalue weighted by Gasteiger charge is -2.43. The van der Waals surface area contributed by atoms with E-state index in [1.165, 1.54) is 0 Å². The van der Waals surface area contributed by atoms with Gasteiger partial charge in [0, 0.05) is 24.6 Å². The standard InChI is InChI=1S/C15H24ClN3O2/c1-14(2,3)13-17-11(16)6-12(18-13)19-7-10(8-20)21-15(4,5)9-19/h6,10,20H,7-9H2,1-5H3. The zero-order valence-corrected chi connectivity index (χ0v) is 14.1. The van der Waals surface area contributed by atoms with Crippen LogP contribution < -0.4 is 4.90 Å². The summed E-state index contributed by atoms with van der Waals surface area (Å²) in [6, 6.07) is 1.77. The molecule has 1 fully saturated rings. The van der Waals surface area contributed by atoms with Crippen LogP contribution in [-0.4, -0.2) is 46.5 Å². The molecular weight excluding hydrogens is 290 g/mol. The molecule has 0 bridgehead atoms. The molecule has 1 aliphatic rings.